The molecule has 0 aliphatic carbocycles. The summed E-state index contributed by atoms with van der Waals surface area (Å²) in [5.41, 5.74) is 2.46. The highest BCUT2D eigenvalue weighted by molar-refractivity contribution is 5.79. The molecule has 20 heavy (non-hydrogen) atoms. The molecule has 2 nitrogen and oxygen atoms in total. The van der Waals surface area contributed by atoms with Crippen LogP contribution in [0.1, 0.15) is 51.6 Å². The number of nitrogens with one attached hydrogen (secondary N) is 1. The number of hydrogen-bond donors (Lipinski definition) is 1. The Bertz CT molecular complexity index is 534. The van der Waals surface area contributed by atoms with Gasteiger partial charge in [-0.2, -0.15) is 0 Å². The molecule has 0 saturated heterocycles. The van der Waals surface area contributed by atoms with E-state index in [2.05, 4.69) is 55.3 Å². The van der Waals surface area contributed by atoms with Crippen LogP contribution in [0.4, 0.5) is 0 Å². The molecule has 1 aromatic heterocycles. The number of fused-ring (bicyclic) bond motifs is 1. The van der Waals surface area contributed by atoms with Gasteiger partial charge < -0.3 is 5.32 Å². The second-order valence-electron chi connectivity index (χ2n) is 5.89. The van der Waals surface area contributed by atoms with Crippen LogP contribution in [0.25, 0.3) is 10.9 Å². The van der Waals surface area contributed by atoms with Crippen molar-refractivity contribution in [3.63, 3.8) is 0 Å². The molecular formula is C18H26N2. The zero-order valence-electron chi connectivity index (χ0n) is 12.9. The molecule has 0 spiro atoms. The lowest BCUT2D eigenvalue weighted by atomic mass is 9.97. The van der Waals surface area contributed by atoms with Gasteiger partial charge in [-0.15, -0.1) is 0 Å². The van der Waals surface area contributed by atoms with Gasteiger partial charge in [-0.05, 0) is 42.6 Å². The zero-order chi connectivity index (χ0) is 14.4. The van der Waals surface area contributed by atoms with Crippen molar-refractivity contribution in [3.05, 3.63) is 42.1 Å². The Morgan fingerprint density at radius 3 is 2.75 bits per heavy atom. The molecule has 1 aromatic carbocycles. The van der Waals surface area contributed by atoms with E-state index in [1.54, 1.807) is 0 Å². The van der Waals surface area contributed by atoms with E-state index in [1.807, 2.05) is 12.3 Å². The minimum absolute atomic E-state index is 0.461. The highest BCUT2D eigenvalue weighted by atomic mass is 14.9. The van der Waals surface area contributed by atoms with Gasteiger partial charge in [0.05, 0.1) is 5.52 Å². The van der Waals surface area contributed by atoms with Gasteiger partial charge in [-0.3, -0.25) is 4.98 Å². The SMILES string of the molecule is CCNC(CCCC(C)C)c1ccc2ncccc2c1. The van der Waals surface area contributed by atoms with E-state index < -0.39 is 0 Å². The standard InChI is InChI=1S/C18H26N2/c1-4-19-17(9-5-7-14(2)3)16-10-11-18-15(13-16)8-6-12-20-18/h6,8,10-14,17,19H,4-5,7,9H2,1-3H3. The van der Waals surface area contributed by atoms with E-state index in [-0.39, 0.29) is 0 Å². The van der Waals surface area contributed by atoms with Crippen molar-refractivity contribution < 1.29 is 0 Å². The summed E-state index contributed by atoms with van der Waals surface area (Å²) in [5.74, 6) is 0.790. The predicted molar refractivity (Wildman–Crippen MR) is 86.8 cm³/mol. The van der Waals surface area contributed by atoms with Crippen molar-refractivity contribution in [1.29, 1.82) is 0 Å². The average molecular weight is 270 g/mol. The lowest BCUT2D eigenvalue weighted by Crippen LogP contribution is -2.21. The van der Waals surface area contributed by atoms with Gasteiger partial charge in [0.2, 0.25) is 0 Å². The molecule has 1 atom stereocenters. The fourth-order valence-corrected chi connectivity index (χ4v) is 2.67. The molecular weight excluding hydrogens is 244 g/mol. The first-order valence-electron chi connectivity index (χ1n) is 7.78. The summed E-state index contributed by atoms with van der Waals surface area (Å²) in [6.45, 7) is 7.78. The fraction of sp³-hybridized carbons (Fsp3) is 0.500. The summed E-state index contributed by atoms with van der Waals surface area (Å²) in [5, 5.41) is 4.85. The normalized spacial score (nSPS) is 13.0. The first-order chi connectivity index (χ1) is 9.70. The largest absolute Gasteiger partial charge is 0.310 e. The molecule has 0 amide bonds. The molecule has 0 bridgehead atoms. The van der Waals surface area contributed by atoms with Crippen LogP contribution in [0.5, 0.6) is 0 Å². The van der Waals surface area contributed by atoms with Gasteiger partial charge in [-0.1, -0.05) is 45.7 Å². The molecule has 0 radical (unpaired) electrons. The number of rotatable bonds is 7. The minimum atomic E-state index is 0.461. The van der Waals surface area contributed by atoms with Crippen LogP contribution < -0.4 is 5.32 Å². The van der Waals surface area contributed by atoms with Crippen LogP contribution in [0.2, 0.25) is 0 Å². The van der Waals surface area contributed by atoms with E-state index >= 15 is 0 Å². The van der Waals surface area contributed by atoms with Crippen molar-refractivity contribution >= 4 is 10.9 Å². The monoisotopic (exact) mass is 270 g/mol. The third-order valence-electron chi connectivity index (χ3n) is 3.75. The Morgan fingerprint density at radius 2 is 2.00 bits per heavy atom. The summed E-state index contributed by atoms with van der Waals surface area (Å²) in [4.78, 5) is 4.39. The molecule has 1 heterocycles. The highest BCUT2D eigenvalue weighted by Crippen LogP contribution is 2.24. The van der Waals surface area contributed by atoms with Crippen molar-refractivity contribution in [3.8, 4) is 0 Å². The Morgan fingerprint density at radius 1 is 1.15 bits per heavy atom. The molecule has 108 valence electrons. The van der Waals surface area contributed by atoms with Crippen LogP contribution in [-0.2, 0) is 0 Å². The zero-order valence-corrected chi connectivity index (χ0v) is 12.9. The van der Waals surface area contributed by atoms with Gasteiger partial charge in [0.15, 0.2) is 0 Å². The summed E-state index contributed by atoms with van der Waals surface area (Å²) in [6.07, 6.45) is 5.64. The van der Waals surface area contributed by atoms with Crippen LogP contribution >= 0.6 is 0 Å². The smallest absolute Gasteiger partial charge is 0.0702 e. The Balaban J connectivity index is 2.13. The maximum Gasteiger partial charge on any atom is 0.0702 e. The lowest BCUT2D eigenvalue weighted by Gasteiger charge is -2.19. The van der Waals surface area contributed by atoms with Gasteiger partial charge in [0, 0.05) is 17.6 Å². The molecule has 0 saturated carbocycles. The topological polar surface area (TPSA) is 24.9 Å². The maximum atomic E-state index is 4.39. The number of aromatic nitrogens is 1. The number of pyridine rings is 1. The lowest BCUT2D eigenvalue weighted by molar-refractivity contribution is 0.455. The quantitative estimate of drug-likeness (QED) is 0.788. The van der Waals surface area contributed by atoms with Crippen molar-refractivity contribution in [2.45, 2.75) is 46.1 Å². The Kier molecular flexibility index (Phi) is 5.54. The van der Waals surface area contributed by atoms with E-state index in [0.29, 0.717) is 6.04 Å². The van der Waals surface area contributed by atoms with Crippen molar-refractivity contribution in [1.82, 2.24) is 10.3 Å². The number of hydrogen-bond acceptors (Lipinski definition) is 2. The number of nitrogens with zero attached hydrogens (tertiary/aromatic N) is 1. The van der Waals surface area contributed by atoms with Gasteiger partial charge >= 0.3 is 0 Å². The van der Waals surface area contributed by atoms with Crippen LogP contribution in [0.15, 0.2) is 36.5 Å². The van der Waals surface area contributed by atoms with Crippen LogP contribution in [-0.4, -0.2) is 11.5 Å². The molecule has 0 fully saturated rings. The van der Waals surface area contributed by atoms with Crippen LogP contribution in [0, 0.1) is 5.92 Å². The molecule has 0 aliphatic heterocycles. The molecule has 1 N–H and O–H groups in total. The highest BCUT2D eigenvalue weighted by Gasteiger charge is 2.11. The second kappa shape index (κ2) is 7.39. The Hall–Kier alpha value is -1.41. The first kappa shape index (κ1) is 15.0. The summed E-state index contributed by atoms with van der Waals surface area (Å²) < 4.78 is 0. The first-order valence-corrected chi connectivity index (χ1v) is 7.78. The van der Waals surface area contributed by atoms with E-state index in [1.165, 1.54) is 30.2 Å². The molecule has 2 heteroatoms. The van der Waals surface area contributed by atoms with Crippen molar-refractivity contribution in [2.24, 2.45) is 5.92 Å². The number of benzene rings is 1. The summed E-state index contributed by atoms with van der Waals surface area (Å²) in [6, 6.07) is 11.2. The van der Waals surface area contributed by atoms with E-state index in [0.717, 1.165) is 18.0 Å². The molecule has 2 aromatic rings. The molecule has 2 rings (SSSR count). The average Bonchev–Trinajstić information content (AvgIpc) is 2.45. The third-order valence-corrected chi connectivity index (χ3v) is 3.75. The second-order valence-corrected chi connectivity index (χ2v) is 5.89. The molecule has 1 unspecified atom stereocenters. The van der Waals surface area contributed by atoms with Gasteiger partial charge in [-0.25, -0.2) is 0 Å². The maximum absolute atomic E-state index is 4.39. The summed E-state index contributed by atoms with van der Waals surface area (Å²) in [7, 11) is 0. The van der Waals surface area contributed by atoms with Crippen LogP contribution in [0.3, 0.4) is 0 Å². The van der Waals surface area contributed by atoms with E-state index in [4.69, 9.17) is 0 Å². The minimum Gasteiger partial charge on any atom is -0.310 e. The third kappa shape index (κ3) is 4.04. The van der Waals surface area contributed by atoms with Crippen molar-refractivity contribution in [2.75, 3.05) is 6.54 Å². The van der Waals surface area contributed by atoms with Gasteiger partial charge in [0.25, 0.3) is 0 Å². The summed E-state index contributed by atoms with van der Waals surface area (Å²) >= 11 is 0. The predicted octanol–water partition coefficient (Wildman–Crippen LogP) is 4.71. The Labute approximate surface area is 122 Å². The van der Waals surface area contributed by atoms with Gasteiger partial charge in [0.1, 0.15) is 0 Å². The van der Waals surface area contributed by atoms with E-state index in [9.17, 15) is 0 Å². The fourth-order valence-electron chi connectivity index (χ4n) is 2.67. The molecule has 0 aliphatic rings.